The Bertz CT molecular complexity index is 827. The highest BCUT2D eigenvalue weighted by molar-refractivity contribution is 6.07. The van der Waals surface area contributed by atoms with Gasteiger partial charge in [-0.05, 0) is 43.5 Å². The van der Waals surface area contributed by atoms with Crippen molar-refractivity contribution in [2.75, 3.05) is 31.3 Å². The molecular formula is C21H23NO4. The normalized spacial score (nSPS) is 17.8. The SMILES string of the molecule is Cc1cccc(OCCCN2C(=O)C3(OCCO3)c3cccc(C)c32)c1. The number of aryl methyl sites for hydroxylation is 2. The third-order valence-corrected chi connectivity index (χ3v) is 4.87. The number of ether oxygens (including phenoxy) is 3. The zero-order chi connectivity index (χ0) is 18.1. The minimum atomic E-state index is -1.25. The second-order valence-corrected chi connectivity index (χ2v) is 6.76. The molecule has 1 spiro atoms. The largest absolute Gasteiger partial charge is 0.494 e. The Morgan fingerprint density at radius 3 is 2.65 bits per heavy atom. The topological polar surface area (TPSA) is 48.0 Å². The van der Waals surface area contributed by atoms with E-state index in [1.165, 1.54) is 5.56 Å². The van der Waals surface area contributed by atoms with Crippen LogP contribution in [-0.4, -0.2) is 32.3 Å². The molecule has 2 aliphatic heterocycles. The molecule has 0 saturated carbocycles. The van der Waals surface area contributed by atoms with Crippen molar-refractivity contribution in [2.24, 2.45) is 0 Å². The number of fused-ring (bicyclic) bond motifs is 2. The zero-order valence-corrected chi connectivity index (χ0v) is 15.2. The monoisotopic (exact) mass is 353 g/mol. The van der Waals surface area contributed by atoms with Crippen LogP contribution in [0.25, 0.3) is 0 Å². The van der Waals surface area contributed by atoms with Crippen LogP contribution in [0.1, 0.15) is 23.1 Å². The van der Waals surface area contributed by atoms with Crippen molar-refractivity contribution in [1.82, 2.24) is 0 Å². The van der Waals surface area contributed by atoms with Crippen LogP contribution >= 0.6 is 0 Å². The minimum absolute atomic E-state index is 0.130. The molecule has 0 atom stereocenters. The summed E-state index contributed by atoms with van der Waals surface area (Å²) in [5.41, 5.74) is 3.94. The molecule has 0 N–H and O–H groups in total. The summed E-state index contributed by atoms with van der Waals surface area (Å²) >= 11 is 0. The van der Waals surface area contributed by atoms with Crippen LogP contribution in [0.15, 0.2) is 42.5 Å². The van der Waals surface area contributed by atoms with E-state index in [2.05, 4.69) is 0 Å². The summed E-state index contributed by atoms with van der Waals surface area (Å²) in [5, 5.41) is 0. The maximum absolute atomic E-state index is 13.1. The average molecular weight is 353 g/mol. The molecule has 0 bridgehead atoms. The van der Waals surface area contributed by atoms with Gasteiger partial charge in [0.2, 0.25) is 0 Å². The molecule has 5 heteroatoms. The average Bonchev–Trinajstić information content (AvgIpc) is 3.20. The van der Waals surface area contributed by atoms with Gasteiger partial charge in [0.1, 0.15) is 5.75 Å². The van der Waals surface area contributed by atoms with E-state index < -0.39 is 5.79 Å². The van der Waals surface area contributed by atoms with E-state index in [0.717, 1.165) is 29.0 Å². The summed E-state index contributed by atoms with van der Waals surface area (Å²) < 4.78 is 17.4. The van der Waals surface area contributed by atoms with Crippen molar-refractivity contribution in [2.45, 2.75) is 26.1 Å². The van der Waals surface area contributed by atoms with Crippen LogP contribution in [0.3, 0.4) is 0 Å². The Labute approximate surface area is 153 Å². The Morgan fingerprint density at radius 1 is 1.12 bits per heavy atom. The van der Waals surface area contributed by atoms with Crippen LogP contribution in [0.2, 0.25) is 0 Å². The lowest BCUT2D eigenvalue weighted by molar-refractivity contribution is -0.180. The molecule has 1 saturated heterocycles. The van der Waals surface area contributed by atoms with Crippen molar-refractivity contribution >= 4 is 11.6 Å². The van der Waals surface area contributed by atoms with E-state index in [1.807, 2.05) is 56.3 Å². The van der Waals surface area contributed by atoms with Gasteiger partial charge in [-0.2, -0.15) is 0 Å². The van der Waals surface area contributed by atoms with Gasteiger partial charge in [0, 0.05) is 12.1 Å². The number of para-hydroxylation sites is 1. The first-order valence-electron chi connectivity index (χ1n) is 9.01. The van der Waals surface area contributed by atoms with Crippen molar-refractivity contribution in [3.05, 3.63) is 59.2 Å². The van der Waals surface area contributed by atoms with E-state index in [1.54, 1.807) is 4.90 Å². The van der Waals surface area contributed by atoms with Crippen molar-refractivity contribution in [3.63, 3.8) is 0 Å². The van der Waals surface area contributed by atoms with Crippen LogP contribution in [0.4, 0.5) is 5.69 Å². The number of carbonyl (C=O) groups excluding carboxylic acids is 1. The van der Waals surface area contributed by atoms with E-state index in [9.17, 15) is 4.79 Å². The van der Waals surface area contributed by atoms with Crippen molar-refractivity contribution in [1.29, 1.82) is 0 Å². The minimum Gasteiger partial charge on any atom is -0.494 e. The van der Waals surface area contributed by atoms with Gasteiger partial charge in [-0.25, -0.2) is 0 Å². The van der Waals surface area contributed by atoms with Crippen molar-refractivity contribution < 1.29 is 19.0 Å². The molecule has 5 nitrogen and oxygen atoms in total. The molecule has 0 unspecified atom stereocenters. The molecule has 26 heavy (non-hydrogen) atoms. The van der Waals surface area contributed by atoms with Crippen LogP contribution in [0.5, 0.6) is 5.75 Å². The highest BCUT2D eigenvalue weighted by Gasteiger charge is 2.56. The highest BCUT2D eigenvalue weighted by atomic mass is 16.7. The molecule has 136 valence electrons. The molecule has 4 rings (SSSR count). The summed E-state index contributed by atoms with van der Waals surface area (Å²) in [7, 11) is 0. The molecule has 2 aliphatic rings. The van der Waals surface area contributed by atoms with Crippen LogP contribution in [0, 0.1) is 13.8 Å². The van der Waals surface area contributed by atoms with E-state index in [-0.39, 0.29) is 5.91 Å². The number of rotatable bonds is 5. The van der Waals surface area contributed by atoms with E-state index >= 15 is 0 Å². The number of carbonyl (C=O) groups is 1. The maximum Gasteiger partial charge on any atom is 0.292 e. The van der Waals surface area contributed by atoms with Gasteiger partial charge in [0.05, 0.1) is 25.5 Å². The van der Waals surface area contributed by atoms with Gasteiger partial charge < -0.3 is 19.1 Å². The smallest absolute Gasteiger partial charge is 0.292 e. The number of amides is 1. The fourth-order valence-electron chi connectivity index (χ4n) is 3.70. The Hall–Kier alpha value is -2.37. The molecule has 0 radical (unpaired) electrons. The van der Waals surface area contributed by atoms with Gasteiger partial charge in [0.15, 0.2) is 0 Å². The first kappa shape index (κ1) is 17.1. The molecule has 2 aromatic rings. The lowest BCUT2D eigenvalue weighted by atomic mass is 10.0. The quantitative estimate of drug-likeness (QED) is 0.774. The molecule has 2 heterocycles. The van der Waals surface area contributed by atoms with Gasteiger partial charge in [-0.3, -0.25) is 4.79 Å². The first-order valence-corrected chi connectivity index (χ1v) is 9.01. The number of hydrogen-bond donors (Lipinski definition) is 0. The molecular weight excluding hydrogens is 330 g/mol. The molecule has 0 aliphatic carbocycles. The number of hydrogen-bond acceptors (Lipinski definition) is 4. The summed E-state index contributed by atoms with van der Waals surface area (Å²) in [6.45, 7) is 6.03. The molecule has 1 amide bonds. The Balaban J connectivity index is 1.48. The summed E-state index contributed by atoms with van der Waals surface area (Å²) in [6, 6.07) is 13.9. The first-order chi connectivity index (χ1) is 12.6. The second kappa shape index (κ2) is 6.74. The Morgan fingerprint density at radius 2 is 1.88 bits per heavy atom. The third kappa shape index (κ3) is 2.77. The van der Waals surface area contributed by atoms with E-state index in [0.29, 0.717) is 26.4 Å². The van der Waals surface area contributed by atoms with Crippen molar-refractivity contribution in [3.8, 4) is 5.75 Å². The standard InChI is InChI=1S/C21H23NO4/c1-15-6-3-8-17(14-15)24-11-5-10-22-19-16(2)7-4-9-18(19)21(20(22)23)25-12-13-26-21/h3-4,6-9,14H,5,10-13H2,1-2H3. The summed E-state index contributed by atoms with van der Waals surface area (Å²) in [6.07, 6.45) is 0.726. The predicted molar refractivity (Wildman–Crippen MR) is 98.4 cm³/mol. The number of benzene rings is 2. The van der Waals surface area contributed by atoms with Gasteiger partial charge in [-0.15, -0.1) is 0 Å². The van der Waals surface area contributed by atoms with Gasteiger partial charge in [0.25, 0.3) is 11.7 Å². The Kier molecular flexibility index (Phi) is 4.42. The molecule has 0 aromatic heterocycles. The lowest BCUT2D eigenvalue weighted by Crippen LogP contribution is -2.41. The fraction of sp³-hybridized carbons (Fsp3) is 0.381. The fourth-order valence-corrected chi connectivity index (χ4v) is 3.70. The van der Waals surface area contributed by atoms with Crippen LogP contribution in [-0.2, 0) is 20.1 Å². The van der Waals surface area contributed by atoms with E-state index in [4.69, 9.17) is 14.2 Å². The lowest BCUT2D eigenvalue weighted by Gasteiger charge is -2.22. The molecule has 2 aromatic carbocycles. The van der Waals surface area contributed by atoms with Gasteiger partial charge in [-0.1, -0.05) is 30.3 Å². The maximum atomic E-state index is 13.1. The summed E-state index contributed by atoms with van der Waals surface area (Å²) in [5.74, 6) is -0.526. The molecule has 1 fully saturated rings. The summed E-state index contributed by atoms with van der Waals surface area (Å²) in [4.78, 5) is 14.9. The van der Waals surface area contributed by atoms with Crippen LogP contribution < -0.4 is 9.64 Å². The third-order valence-electron chi connectivity index (χ3n) is 4.87. The zero-order valence-electron chi connectivity index (χ0n) is 15.2. The van der Waals surface area contributed by atoms with Gasteiger partial charge >= 0.3 is 0 Å². The predicted octanol–water partition coefficient (Wildman–Crippen LogP) is 3.32. The number of anilines is 1. The second-order valence-electron chi connectivity index (χ2n) is 6.76. The number of nitrogens with zero attached hydrogens (tertiary/aromatic N) is 1. The highest BCUT2D eigenvalue weighted by Crippen LogP contribution is 2.47.